The second-order valence-electron chi connectivity index (χ2n) is 5.95. The number of ether oxygens (including phenoxy) is 1. The maximum Gasteiger partial charge on any atom is 0.262 e. The number of hydrogen-bond donors (Lipinski definition) is 2. The summed E-state index contributed by atoms with van der Waals surface area (Å²) in [6, 6.07) is 8.07. The largest absolute Gasteiger partial charge is 0.376 e. The Bertz CT molecular complexity index is 808. The van der Waals surface area contributed by atoms with E-state index in [1.807, 2.05) is 24.4 Å². The van der Waals surface area contributed by atoms with Crippen molar-refractivity contribution in [1.82, 2.24) is 10.3 Å². The zero-order chi connectivity index (χ0) is 16.9. The van der Waals surface area contributed by atoms with Crippen molar-refractivity contribution in [2.75, 3.05) is 13.2 Å². The van der Waals surface area contributed by atoms with E-state index < -0.39 is 0 Å². The molecule has 0 spiro atoms. The lowest BCUT2D eigenvalue weighted by atomic mass is 10.1. The van der Waals surface area contributed by atoms with Crippen LogP contribution in [0.3, 0.4) is 0 Å². The van der Waals surface area contributed by atoms with Gasteiger partial charge in [0.15, 0.2) is 0 Å². The van der Waals surface area contributed by atoms with Gasteiger partial charge in [0.1, 0.15) is 11.6 Å². The summed E-state index contributed by atoms with van der Waals surface area (Å²) < 4.78 is 5.48. The monoisotopic (exact) mass is 323 g/mol. The maximum absolute atomic E-state index is 12.2. The van der Waals surface area contributed by atoms with E-state index in [0.29, 0.717) is 6.54 Å². The van der Waals surface area contributed by atoms with E-state index in [-0.39, 0.29) is 17.6 Å². The van der Waals surface area contributed by atoms with Gasteiger partial charge < -0.3 is 15.0 Å². The highest BCUT2D eigenvalue weighted by atomic mass is 16.5. The Balaban J connectivity index is 1.80. The van der Waals surface area contributed by atoms with Crippen LogP contribution in [0.5, 0.6) is 0 Å². The quantitative estimate of drug-likeness (QED) is 0.656. The molecule has 1 aromatic carbocycles. The number of benzene rings is 1. The molecule has 1 atom stereocenters. The van der Waals surface area contributed by atoms with Crippen LogP contribution in [0.15, 0.2) is 30.0 Å². The summed E-state index contributed by atoms with van der Waals surface area (Å²) >= 11 is 0. The Morgan fingerprint density at radius 2 is 2.42 bits per heavy atom. The van der Waals surface area contributed by atoms with E-state index in [0.717, 1.165) is 42.3 Å². The zero-order valence-corrected chi connectivity index (χ0v) is 13.8. The number of aromatic nitrogens is 1. The second kappa shape index (κ2) is 7.33. The van der Waals surface area contributed by atoms with Crippen LogP contribution in [0.25, 0.3) is 17.0 Å². The molecule has 0 saturated carbocycles. The summed E-state index contributed by atoms with van der Waals surface area (Å²) in [5.74, 6) is -0.353. The molecular formula is C19H21N3O2. The third-order valence-electron chi connectivity index (χ3n) is 4.39. The summed E-state index contributed by atoms with van der Waals surface area (Å²) in [5, 5.41) is 13.2. The predicted molar refractivity (Wildman–Crippen MR) is 93.3 cm³/mol. The van der Waals surface area contributed by atoms with E-state index in [2.05, 4.69) is 23.3 Å². The molecule has 0 bridgehead atoms. The fourth-order valence-corrected chi connectivity index (χ4v) is 3.06. The molecule has 2 N–H and O–H groups in total. The number of carbonyl (C=O) groups excluding carboxylic acids is 1. The number of rotatable bonds is 5. The van der Waals surface area contributed by atoms with Crippen molar-refractivity contribution >= 4 is 22.9 Å². The highest BCUT2D eigenvalue weighted by Crippen LogP contribution is 2.24. The topological polar surface area (TPSA) is 77.9 Å². The Labute approximate surface area is 141 Å². The van der Waals surface area contributed by atoms with Gasteiger partial charge in [0.05, 0.1) is 6.10 Å². The van der Waals surface area contributed by atoms with E-state index in [4.69, 9.17) is 4.74 Å². The van der Waals surface area contributed by atoms with Gasteiger partial charge in [-0.05, 0) is 30.9 Å². The van der Waals surface area contributed by atoms with Crippen molar-refractivity contribution in [2.45, 2.75) is 32.3 Å². The number of amides is 1. The lowest BCUT2D eigenvalue weighted by Gasteiger charge is -2.10. The van der Waals surface area contributed by atoms with Crippen molar-refractivity contribution in [3.05, 3.63) is 41.1 Å². The minimum atomic E-state index is -0.353. The van der Waals surface area contributed by atoms with Crippen molar-refractivity contribution in [3.8, 4) is 6.07 Å². The van der Waals surface area contributed by atoms with Crippen LogP contribution < -0.4 is 5.32 Å². The van der Waals surface area contributed by atoms with Crippen LogP contribution in [-0.4, -0.2) is 30.1 Å². The summed E-state index contributed by atoms with van der Waals surface area (Å²) in [6.07, 6.45) is 6.45. The van der Waals surface area contributed by atoms with E-state index in [1.165, 1.54) is 5.56 Å². The number of para-hydroxylation sites is 1. The fourth-order valence-electron chi connectivity index (χ4n) is 3.06. The number of fused-ring (bicyclic) bond motifs is 1. The second-order valence-corrected chi connectivity index (χ2v) is 5.95. The fraction of sp³-hybridized carbons (Fsp3) is 0.368. The first-order valence-electron chi connectivity index (χ1n) is 8.33. The molecule has 24 heavy (non-hydrogen) atoms. The molecule has 0 radical (unpaired) electrons. The SMILES string of the molecule is CCc1cccc2c(C=C(C#N)C(=O)NCC3CCCO3)c[nH]c12. The van der Waals surface area contributed by atoms with Crippen LogP contribution in [0.1, 0.15) is 30.9 Å². The average molecular weight is 323 g/mol. The van der Waals surface area contributed by atoms with Crippen molar-refractivity contribution in [1.29, 1.82) is 5.26 Å². The number of carbonyl (C=O) groups is 1. The van der Waals surface area contributed by atoms with Gasteiger partial charge in [-0.15, -0.1) is 0 Å². The normalized spacial score (nSPS) is 17.8. The van der Waals surface area contributed by atoms with Crippen LogP contribution >= 0.6 is 0 Å². The molecule has 1 fully saturated rings. The Hall–Kier alpha value is -2.58. The van der Waals surface area contributed by atoms with Crippen molar-refractivity contribution in [2.24, 2.45) is 0 Å². The van der Waals surface area contributed by atoms with Gasteiger partial charge in [-0.25, -0.2) is 0 Å². The Morgan fingerprint density at radius 3 is 3.12 bits per heavy atom. The molecule has 2 heterocycles. The standard InChI is InChI=1S/C19H21N3O2/c1-2-13-5-3-7-17-15(11-21-18(13)17)9-14(10-20)19(23)22-12-16-6-4-8-24-16/h3,5,7,9,11,16,21H,2,4,6,8,12H2,1H3,(H,22,23). The summed E-state index contributed by atoms with van der Waals surface area (Å²) in [4.78, 5) is 15.5. The van der Waals surface area contributed by atoms with Crippen molar-refractivity contribution in [3.63, 3.8) is 0 Å². The number of aromatic amines is 1. The summed E-state index contributed by atoms with van der Waals surface area (Å²) in [5.41, 5.74) is 3.23. The van der Waals surface area contributed by atoms with Gasteiger partial charge in [-0.1, -0.05) is 25.1 Å². The van der Waals surface area contributed by atoms with Crippen LogP contribution in [-0.2, 0) is 16.0 Å². The minimum Gasteiger partial charge on any atom is -0.376 e. The third-order valence-corrected chi connectivity index (χ3v) is 4.39. The first kappa shape index (κ1) is 16.3. The Kier molecular flexibility index (Phi) is 4.97. The van der Waals surface area contributed by atoms with E-state index in [1.54, 1.807) is 6.08 Å². The lowest BCUT2D eigenvalue weighted by molar-refractivity contribution is -0.117. The Morgan fingerprint density at radius 1 is 1.54 bits per heavy atom. The molecule has 3 rings (SSSR count). The van der Waals surface area contributed by atoms with Crippen LogP contribution in [0, 0.1) is 11.3 Å². The lowest BCUT2D eigenvalue weighted by Crippen LogP contribution is -2.32. The van der Waals surface area contributed by atoms with Gasteiger partial charge in [-0.3, -0.25) is 4.79 Å². The van der Waals surface area contributed by atoms with Gasteiger partial charge in [0.2, 0.25) is 0 Å². The molecule has 1 aromatic heterocycles. The van der Waals surface area contributed by atoms with Gasteiger partial charge in [0, 0.05) is 35.8 Å². The molecule has 1 unspecified atom stereocenters. The minimum absolute atomic E-state index is 0.0640. The van der Waals surface area contributed by atoms with E-state index in [9.17, 15) is 10.1 Å². The van der Waals surface area contributed by atoms with Crippen molar-refractivity contribution < 1.29 is 9.53 Å². The van der Waals surface area contributed by atoms with Gasteiger partial charge >= 0.3 is 0 Å². The molecule has 124 valence electrons. The maximum atomic E-state index is 12.2. The molecule has 5 nitrogen and oxygen atoms in total. The molecule has 1 aliphatic heterocycles. The number of H-pyrrole nitrogens is 1. The number of nitriles is 1. The van der Waals surface area contributed by atoms with Gasteiger partial charge in [-0.2, -0.15) is 5.26 Å². The van der Waals surface area contributed by atoms with Crippen LogP contribution in [0.4, 0.5) is 0 Å². The summed E-state index contributed by atoms with van der Waals surface area (Å²) in [6.45, 7) is 3.30. The zero-order valence-electron chi connectivity index (χ0n) is 13.8. The molecule has 5 heteroatoms. The first-order valence-corrected chi connectivity index (χ1v) is 8.33. The molecular weight excluding hydrogens is 302 g/mol. The molecule has 1 aliphatic rings. The van der Waals surface area contributed by atoms with Crippen LogP contribution in [0.2, 0.25) is 0 Å². The number of nitrogens with zero attached hydrogens (tertiary/aromatic N) is 1. The summed E-state index contributed by atoms with van der Waals surface area (Å²) in [7, 11) is 0. The molecule has 1 saturated heterocycles. The third kappa shape index (κ3) is 3.34. The van der Waals surface area contributed by atoms with Gasteiger partial charge in [0.25, 0.3) is 5.91 Å². The van der Waals surface area contributed by atoms with E-state index >= 15 is 0 Å². The molecule has 0 aliphatic carbocycles. The average Bonchev–Trinajstić information content (AvgIpc) is 3.27. The molecule has 1 amide bonds. The number of aryl methyl sites for hydroxylation is 1. The predicted octanol–water partition coefficient (Wildman–Crippen LogP) is 2.93. The molecule has 2 aromatic rings. The smallest absolute Gasteiger partial charge is 0.262 e. The highest BCUT2D eigenvalue weighted by molar-refractivity contribution is 6.04. The number of nitrogens with one attached hydrogen (secondary N) is 2. The highest BCUT2D eigenvalue weighted by Gasteiger charge is 2.18. The first-order chi connectivity index (χ1) is 11.7. The number of hydrogen-bond acceptors (Lipinski definition) is 3.